The van der Waals surface area contributed by atoms with Gasteiger partial charge in [-0.2, -0.15) is 0 Å². The molecule has 4 heteroatoms. The zero-order chi connectivity index (χ0) is 12.4. The Balaban J connectivity index is 2.33. The van der Waals surface area contributed by atoms with Gasteiger partial charge in [-0.15, -0.1) is 0 Å². The van der Waals surface area contributed by atoms with E-state index in [0.717, 1.165) is 15.6 Å². The van der Waals surface area contributed by atoms with E-state index in [0.29, 0.717) is 5.02 Å². The van der Waals surface area contributed by atoms with Gasteiger partial charge >= 0.3 is 0 Å². The van der Waals surface area contributed by atoms with Gasteiger partial charge in [-0.1, -0.05) is 29.8 Å². The minimum Gasteiger partial charge on any atom is -0.320 e. The molecule has 0 aliphatic heterocycles. The van der Waals surface area contributed by atoms with Crippen molar-refractivity contribution < 1.29 is 4.39 Å². The highest BCUT2D eigenvalue weighted by Gasteiger charge is 2.10. The normalized spacial score (nSPS) is 12.5. The van der Waals surface area contributed by atoms with Crippen molar-refractivity contribution in [1.29, 1.82) is 0 Å². The fourth-order valence-electron chi connectivity index (χ4n) is 1.57. The lowest BCUT2D eigenvalue weighted by atomic mass is 10.00. The van der Waals surface area contributed by atoms with Crippen molar-refractivity contribution in [1.82, 2.24) is 0 Å². The molecule has 2 N–H and O–H groups in total. The fourth-order valence-corrected chi connectivity index (χ4v) is 2.08. The second kappa shape index (κ2) is 5.17. The Morgan fingerprint density at radius 3 is 2.24 bits per heavy atom. The molecule has 0 aromatic heterocycles. The highest BCUT2D eigenvalue weighted by molar-refractivity contribution is 9.10. The number of hydrogen-bond acceptors (Lipinski definition) is 1. The molecular weight excluding hydrogens is 305 g/mol. The Morgan fingerprint density at radius 1 is 1.06 bits per heavy atom. The summed E-state index contributed by atoms with van der Waals surface area (Å²) in [5.74, 6) is -0.266. The van der Waals surface area contributed by atoms with Crippen LogP contribution in [0.15, 0.2) is 46.9 Å². The smallest absolute Gasteiger partial charge is 0.123 e. The maximum absolute atomic E-state index is 12.8. The van der Waals surface area contributed by atoms with Gasteiger partial charge in [0.2, 0.25) is 0 Å². The van der Waals surface area contributed by atoms with Gasteiger partial charge < -0.3 is 5.73 Å². The monoisotopic (exact) mass is 313 g/mol. The molecule has 0 saturated heterocycles. The molecule has 1 atom stereocenters. The summed E-state index contributed by atoms with van der Waals surface area (Å²) >= 11 is 9.27. The standard InChI is InChI=1S/C13H10BrClFN/c14-11-7-9(3-6-12(11)15)13(17)8-1-4-10(16)5-2-8/h1-7,13H,17H2. The molecule has 0 spiro atoms. The molecule has 2 aromatic carbocycles. The number of benzene rings is 2. The number of rotatable bonds is 2. The van der Waals surface area contributed by atoms with E-state index >= 15 is 0 Å². The van der Waals surface area contributed by atoms with Gasteiger partial charge in [-0.3, -0.25) is 0 Å². The van der Waals surface area contributed by atoms with Gasteiger partial charge in [-0.25, -0.2) is 4.39 Å². The van der Waals surface area contributed by atoms with Gasteiger partial charge in [0.05, 0.1) is 11.1 Å². The quantitative estimate of drug-likeness (QED) is 0.879. The third-order valence-electron chi connectivity index (χ3n) is 2.53. The Bertz CT molecular complexity index is 527. The topological polar surface area (TPSA) is 26.0 Å². The fraction of sp³-hybridized carbons (Fsp3) is 0.0769. The summed E-state index contributed by atoms with van der Waals surface area (Å²) in [4.78, 5) is 0. The summed E-state index contributed by atoms with van der Waals surface area (Å²) in [7, 11) is 0. The molecular formula is C13H10BrClFN. The molecule has 88 valence electrons. The Morgan fingerprint density at radius 2 is 1.65 bits per heavy atom. The van der Waals surface area contributed by atoms with Gasteiger partial charge in [0.1, 0.15) is 5.82 Å². The summed E-state index contributed by atoms with van der Waals surface area (Å²) in [5, 5.41) is 0.639. The van der Waals surface area contributed by atoms with Crippen LogP contribution in [0.5, 0.6) is 0 Å². The van der Waals surface area contributed by atoms with Crippen LogP contribution in [0.4, 0.5) is 4.39 Å². The van der Waals surface area contributed by atoms with Crippen LogP contribution in [0, 0.1) is 5.82 Å². The molecule has 1 nitrogen and oxygen atoms in total. The maximum Gasteiger partial charge on any atom is 0.123 e. The first-order chi connectivity index (χ1) is 8.08. The SMILES string of the molecule is NC(c1ccc(F)cc1)c1ccc(Cl)c(Br)c1. The first-order valence-corrected chi connectivity index (χ1v) is 6.21. The van der Waals surface area contributed by atoms with Crippen LogP contribution < -0.4 is 5.73 Å². The zero-order valence-corrected chi connectivity index (χ0v) is 11.2. The van der Waals surface area contributed by atoms with Crippen LogP contribution in [0.25, 0.3) is 0 Å². The van der Waals surface area contributed by atoms with E-state index in [1.807, 2.05) is 12.1 Å². The third-order valence-corrected chi connectivity index (χ3v) is 3.75. The molecule has 0 aliphatic rings. The summed E-state index contributed by atoms with van der Waals surface area (Å²) in [6.45, 7) is 0. The second-order valence-corrected chi connectivity index (χ2v) is 4.96. The van der Waals surface area contributed by atoms with E-state index in [1.54, 1.807) is 18.2 Å². The highest BCUT2D eigenvalue weighted by atomic mass is 79.9. The molecule has 0 amide bonds. The van der Waals surface area contributed by atoms with E-state index in [2.05, 4.69) is 15.9 Å². The average molecular weight is 315 g/mol. The largest absolute Gasteiger partial charge is 0.320 e. The molecule has 0 aliphatic carbocycles. The summed E-state index contributed by atoms with van der Waals surface area (Å²) < 4.78 is 13.6. The average Bonchev–Trinajstić information content (AvgIpc) is 2.33. The van der Waals surface area contributed by atoms with Crippen molar-refractivity contribution in [3.63, 3.8) is 0 Å². The van der Waals surface area contributed by atoms with Crippen molar-refractivity contribution in [2.45, 2.75) is 6.04 Å². The van der Waals surface area contributed by atoms with Crippen LogP contribution in [0.1, 0.15) is 17.2 Å². The Kier molecular flexibility index (Phi) is 3.82. The van der Waals surface area contributed by atoms with E-state index in [9.17, 15) is 4.39 Å². The van der Waals surface area contributed by atoms with Crippen molar-refractivity contribution in [2.75, 3.05) is 0 Å². The maximum atomic E-state index is 12.8. The van der Waals surface area contributed by atoms with Crippen LogP contribution in [0.2, 0.25) is 5.02 Å². The van der Waals surface area contributed by atoms with Gasteiger partial charge in [0.15, 0.2) is 0 Å². The molecule has 0 bridgehead atoms. The lowest BCUT2D eigenvalue weighted by Gasteiger charge is -2.13. The van der Waals surface area contributed by atoms with Gasteiger partial charge in [-0.05, 0) is 51.3 Å². The lowest BCUT2D eigenvalue weighted by molar-refractivity contribution is 0.626. The predicted octanol–water partition coefficient (Wildman–Crippen LogP) is 4.29. The molecule has 1 unspecified atom stereocenters. The van der Waals surface area contributed by atoms with Crippen molar-refractivity contribution in [2.24, 2.45) is 5.73 Å². The van der Waals surface area contributed by atoms with Crippen LogP contribution in [-0.4, -0.2) is 0 Å². The predicted molar refractivity (Wildman–Crippen MR) is 71.6 cm³/mol. The van der Waals surface area contributed by atoms with Crippen molar-refractivity contribution in [3.05, 3.63) is 68.9 Å². The van der Waals surface area contributed by atoms with Gasteiger partial charge in [0.25, 0.3) is 0 Å². The molecule has 2 rings (SSSR count). The third kappa shape index (κ3) is 2.86. The number of halogens is 3. The van der Waals surface area contributed by atoms with Crippen molar-refractivity contribution >= 4 is 27.5 Å². The van der Waals surface area contributed by atoms with Crippen LogP contribution >= 0.6 is 27.5 Å². The Hall–Kier alpha value is -0.900. The summed E-state index contributed by atoms with van der Waals surface area (Å²) in [5.41, 5.74) is 7.88. The van der Waals surface area contributed by atoms with Crippen LogP contribution in [-0.2, 0) is 0 Å². The van der Waals surface area contributed by atoms with Crippen LogP contribution in [0.3, 0.4) is 0 Å². The highest BCUT2D eigenvalue weighted by Crippen LogP contribution is 2.27. The summed E-state index contributed by atoms with van der Waals surface area (Å²) in [6.07, 6.45) is 0. The molecule has 0 radical (unpaired) electrons. The first-order valence-electron chi connectivity index (χ1n) is 5.04. The molecule has 0 fully saturated rings. The molecule has 0 heterocycles. The van der Waals surface area contributed by atoms with E-state index in [4.69, 9.17) is 17.3 Å². The minimum atomic E-state index is -0.288. The van der Waals surface area contributed by atoms with Gasteiger partial charge in [0, 0.05) is 4.47 Å². The van der Waals surface area contributed by atoms with E-state index < -0.39 is 0 Å². The molecule has 2 aromatic rings. The number of hydrogen-bond donors (Lipinski definition) is 1. The van der Waals surface area contributed by atoms with Crippen molar-refractivity contribution in [3.8, 4) is 0 Å². The van der Waals surface area contributed by atoms with E-state index in [1.165, 1.54) is 12.1 Å². The number of nitrogens with two attached hydrogens (primary N) is 1. The molecule has 0 saturated carbocycles. The minimum absolute atomic E-state index is 0.266. The lowest BCUT2D eigenvalue weighted by Crippen LogP contribution is -2.11. The first kappa shape index (κ1) is 12.6. The molecule has 17 heavy (non-hydrogen) atoms. The zero-order valence-electron chi connectivity index (χ0n) is 8.83. The summed E-state index contributed by atoms with van der Waals surface area (Å²) in [6, 6.07) is 11.4. The Labute approximate surface area is 113 Å². The second-order valence-electron chi connectivity index (χ2n) is 3.70. The van der Waals surface area contributed by atoms with E-state index in [-0.39, 0.29) is 11.9 Å².